The lowest BCUT2D eigenvalue weighted by Gasteiger charge is -2.15. The number of hydrogen-bond donors (Lipinski definition) is 4. The Kier molecular flexibility index (Phi) is 5.35. The zero-order chi connectivity index (χ0) is 19.4. The molecular formula is C19H17F2N3O3. The average Bonchev–Trinajstić information content (AvgIpc) is 3.05. The number of carboxylic acids is 1. The van der Waals surface area contributed by atoms with Gasteiger partial charge in [0, 0.05) is 35.6 Å². The minimum absolute atomic E-state index is 0.0337. The van der Waals surface area contributed by atoms with E-state index in [1.54, 1.807) is 6.20 Å². The third kappa shape index (κ3) is 4.22. The van der Waals surface area contributed by atoms with Gasteiger partial charge in [-0.2, -0.15) is 0 Å². The highest BCUT2D eigenvalue weighted by molar-refractivity contribution is 5.86. The van der Waals surface area contributed by atoms with Gasteiger partial charge in [0.05, 0.1) is 0 Å². The molecule has 1 aromatic heterocycles. The van der Waals surface area contributed by atoms with Crippen LogP contribution < -0.4 is 10.6 Å². The Morgan fingerprint density at radius 1 is 1.07 bits per heavy atom. The summed E-state index contributed by atoms with van der Waals surface area (Å²) in [5, 5.41) is 15.0. The number of halogens is 2. The monoisotopic (exact) mass is 373 g/mol. The van der Waals surface area contributed by atoms with E-state index in [2.05, 4.69) is 15.6 Å². The average molecular weight is 373 g/mol. The third-order valence-electron chi connectivity index (χ3n) is 4.17. The minimum atomic E-state index is -1.20. The van der Waals surface area contributed by atoms with E-state index in [1.165, 1.54) is 12.1 Å². The summed E-state index contributed by atoms with van der Waals surface area (Å²) in [6, 6.07) is 9.07. The van der Waals surface area contributed by atoms with Crippen LogP contribution in [0, 0.1) is 11.6 Å². The first-order chi connectivity index (χ1) is 13.0. The van der Waals surface area contributed by atoms with Gasteiger partial charge in [0.15, 0.2) is 11.6 Å². The summed E-state index contributed by atoms with van der Waals surface area (Å²) < 4.78 is 26.8. The lowest BCUT2D eigenvalue weighted by molar-refractivity contribution is -0.139. The highest BCUT2D eigenvalue weighted by Crippen LogP contribution is 2.19. The quantitative estimate of drug-likeness (QED) is 0.535. The number of carboxylic acid groups (broad SMARTS) is 1. The SMILES string of the molecule is O=C(NCc1cccc(F)c1F)N[C@@H](Cc1c[nH]c2ccccc12)C(=O)O. The number of aromatic nitrogens is 1. The molecule has 0 spiro atoms. The molecule has 3 rings (SSSR count). The number of para-hydroxylation sites is 1. The van der Waals surface area contributed by atoms with Crippen molar-refractivity contribution in [1.82, 2.24) is 15.6 Å². The molecule has 4 N–H and O–H groups in total. The Balaban J connectivity index is 1.64. The van der Waals surface area contributed by atoms with Crippen molar-refractivity contribution >= 4 is 22.9 Å². The van der Waals surface area contributed by atoms with E-state index < -0.39 is 29.7 Å². The van der Waals surface area contributed by atoms with Gasteiger partial charge in [0.25, 0.3) is 0 Å². The largest absolute Gasteiger partial charge is 0.480 e. The zero-order valence-corrected chi connectivity index (χ0v) is 14.1. The molecule has 1 heterocycles. The van der Waals surface area contributed by atoms with Crippen LogP contribution in [0.1, 0.15) is 11.1 Å². The molecule has 2 amide bonds. The molecule has 0 aliphatic heterocycles. The fourth-order valence-corrected chi connectivity index (χ4v) is 2.79. The maximum atomic E-state index is 13.6. The highest BCUT2D eigenvalue weighted by atomic mass is 19.2. The van der Waals surface area contributed by atoms with Crippen molar-refractivity contribution < 1.29 is 23.5 Å². The van der Waals surface area contributed by atoms with Crippen molar-refractivity contribution in [1.29, 1.82) is 0 Å². The number of rotatable bonds is 6. The maximum Gasteiger partial charge on any atom is 0.326 e. The Bertz CT molecular complexity index is 987. The Labute approximate surface area is 153 Å². The predicted molar refractivity (Wildman–Crippen MR) is 95.2 cm³/mol. The zero-order valence-electron chi connectivity index (χ0n) is 14.1. The van der Waals surface area contributed by atoms with E-state index in [0.29, 0.717) is 0 Å². The minimum Gasteiger partial charge on any atom is -0.480 e. The second-order valence-electron chi connectivity index (χ2n) is 5.99. The van der Waals surface area contributed by atoms with Crippen molar-refractivity contribution in [3.05, 3.63) is 71.4 Å². The summed E-state index contributed by atoms with van der Waals surface area (Å²) in [5.74, 6) is -3.27. The number of nitrogens with one attached hydrogen (secondary N) is 3. The molecule has 140 valence electrons. The number of carbonyl (C=O) groups is 2. The summed E-state index contributed by atoms with van der Waals surface area (Å²) in [6.07, 6.45) is 1.77. The number of aliphatic carboxylic acids is 1. The number of benzene rings is 2. The molecule has 0 aliphatic rings. The fourth-order valence-electron chi connectivity index (χ4n) is 2.79. The first-order valence-corrected chi connectivity index (χ1v) is 8.20. The summed E-state index contributed by atoms with van der Waals surface area (Å²) in [6.45, 7) is -0.269. The normalized spacial score (nSPS) is 11.9. The van der Waals surface area contributed by atoms with Crippen LogP contribution in [-0.4, -0.2) is 28.1 Å². The Morgan fingerprint density at radius 3 is 2.63 bits per heavy atom. The van der Waals surface area contributed by atoms with Gasteiger partial charge in [-0.3, -0.25) is 0 Å². The number of carbonyl (C=O) groups excluding carboxylic acids is 1. The molecule has 3 aromatic rings. The fraction of sp³-hybridized carbons (Fsp3) is 0.158. The van der Waals surface area contributed by atoms with Crippen molar-refractivity contribution in [3.8, 4) is 0 Å². The number of H-pyrrole nitrogens is 1. The first-order valence-electron chi connectivity index (χ1n) is 8.20. The molecule has 0 saturated heterocycles. The smallest absolute Gasteiger partial charge is 0.326 e. The van der Waals surface area contributed by atoms with Gasteiger partial charge in [-0.25, -0.2) is 18.4 Å². The maximum absolute atomic E-state index is 13.6. The molecule has 27 heavy (non-hydrogen) atoms. The van der Waals surface area contributed by atoms with E-state index >= 15 is 0 Å². The molecule has 0 bridgehead atoms. The standard InChI is InChI=1S/C19H17F2N3O3/c20-14-6-3-4-11(17(14)21)9-23-19(27)24-16(18(25)26)8-12-10-22-15-7-2-1-5-13(12)15/h1-7,10,16,22H,8-9H2,(H,25,26)(H2,23,24,27)/t16-/m0/s1. The second-order valence-corrected chi connectivity index (χ2v) is 5.99. The molecule has 0 saturated carbocycles. The summed E-state index contributed by atoms with van der Waals surface area (Å²) >= 11 is 0. The van der Waals surface area contributed by atoms with E-state index in [9.17, 15) is 23.5 Å². The van der Waals surface area contributed by atoms with E-state index in [-0.39, 0.29) is 18.5 Å². The van der Waals surface area contributed by atoms with Crippen LogP contribution in [0.4, 0.5) is 13.6 Å². The predicted octanol–water partition coefficient (Wildman–Crippen LogP) is 2.94. The highest BCUT2D eigenvalue weighted by Gasteiger charge is 2.22. The van der Waals surface area contributed by atoms with E-state index in [0.717, 1.165) is 22.5 Å². The van der Waals surface area contributed by atoms with E-state index in [1.807, 2.05) is 24.3 Å². The molecular weight excluding hydrogens is 356 g/mol. The number of aromatic amines is 1. The lowest BCUT2D eigenvalue weighted by atomic mass is 10.1. The van der Waals surface area contributed by atoms with Gasteiger partial charge in [-0.1, -0.05) is 30.3 Å². The van der Waals surface area contributed by atoms with Crippen LogP contribution in [0.2, 0.25) is 0 Å². The lowest BCUT2D eigenvalue weighted by Crippen LogP contribution is -2.46. The second kappa shape index (κ2) is 7.86. The van der Waals surface area contributed by atoms with Crippen LogP contribution in [0.5, 0.6) is 0 Å². The van der Waals surface area contributed by atoms with Crippen molar-refractivity contribution in [2.24, 2.45) is 0 Å². The van der Waals surface area contributed by atoms with Gasteiger partial charge in [-0.05, 0) is 17.7 Å². The molecule has 1 atom stereocenters. The molecule has 0 unspecified atom stereocenters. The van der Waals surface area contributed by atoms with Crippen LogP contribution in [-0.2, 0) is 17.8 Å². The molecule has 0 fully saturated rings. The third-order valence-corrected chi connectivity index (χ3v) is 4.17. The van der Waals surface area contributed by atoms with Crippen molar-refractivity contribution in [3.63, 3.8) is 0 Å². The van der Waals surface area contributed by atoms with Gasteiger partial charge in [0.2, 0.25) is 0 Å². The molecule has 6 nitrogen and oxygen atoms in total. The Hall–Kier alpha value is -3.42. The van der Waals surface area contributed by atoms with E-state index in [4.69, 9.17) is 0 Å². The van der Waals surface area contributed by atoms with Gasteiger partial charge < -0.3 is 20.7 Å². The Morgan fingerprint density at radius 2 is 1.85 bits per heavy atom. The van der Waals surface area contributed by atoms with Gasteiger partial charge in [-0.15, -0.1) is 0 Å². The number of hydrogen-bond acceptors (Lipinski definition) is 2. The summed E-state index contributed by atoms with van der Waals surface area (Å²) in [4.78, 5) is 26.6. The van der Waals surface area contributed by atoms with Crippen LogP contribution in [0.15, 0.2) is 48.7 Å². The van der Waals surface area contributed by atoms with Gasteiger partial charge >= 0.3 is 12.0 Å². The van der Waals surface area contributed by atoms with Crippen LogP contribution in [0.25, 0.3) is 10.9 Å². The molecule has 0 aliphatic carbocycles. The topological polar surface area (TPSA) is 94.2 Å². The summed E-state index contributed by atoms with van der Waals surface area (Å²) in [5.41, 5.74) is 1.57. The van der Waals surface area contributed by atoms with Crippen LogP contribution in [0.3, 0.4) is 0 Å². The van der Waals surface area contributed by atoms with Gasteiger partial charge in [0.1, 0.15) is 6.04 Å². The van der Waals surface area contributed by atoms with Crippen molar-refractivity contribution in [2.75, 3.05) is 0 Å². The van der Waals surface area contributed by atoms with Crippen molar-refractivity contribution in [2.45, 2.75) is 19.0 Å². The van der Waals surface area contributed by atoms with Crippen LogP contribution >= 0.6 is 0 Å². The number of amides is 2. The first kappa shape index (κ1) is 18.4. The molecule has 0 radical (unpaired) electrons. The summed E-state index contributed by atoms with van der Waals surface area (Å²) in [7, 11) is 0. The molecule has 8 heteroatoms. The number of fused-ring (bicyclic) bond motifs is 1. The molecule has 2 aromatic carbocycles. The number of urea groups is 1.